The maximum Gasteiger partial charge on any atom is 0.124 e. The van der Waals surface area contributed by atoms with Crippen LogP contribution in [0.2, 0.25) is 0 Å². The molecule has 0 spiro atoms. The predicted molar refractivity (Wildman–Crippen MR) is 91.0 cm³/mol. The maximum absolute atomic E-state index is 10.1. The lowest BCUT2D eigenvalue weighted by molar-refractivity contribution is 0.160. The van der Waals surface area contributed by atoms with Crippen LogP contribution in [-0.2, 0) is 0 Å². The Morgan fingerprint density at radius 3 is 2.43 bits per heavy atom. The Morgan fingerprint density at radius 1 is 1.19 bits per heavy atom. The van der Waals surface area contributed by atoms with Crippen molar-refractivity contribution in [2.75, 3.05) is 26.2 Å². The summed E-state index contributed by atoms with van der Waals surface area (Å²) < 4.78 is 0. The second-order valence-corrected chi connectivity index (χ2v) is 5.19. The van der Waals surface area contributed by atoms with Crippen molar-refractivity contribution in [2.24, 2.45) is 0 Å². The number of hydrogen-bond acceptors (Lipinski definition) is 4. The SMILES string of the molecule is CCCC[C@@H](c1ccc(O)cc1O)N1CCNCC1.Cl.Cl. The van der Waals surface area contributed by atoms with E-state index in [9.17, 15) is 10.2 Å². The lowest BCUT2D eigenvalue weighted by Gasteiger charge is -2.35. The number of halogens is 2. The van der Waals surface area contributed by atoms with E-state index in [-0.39, 0.29) is 42.4 Å². The lowest BCUT2D eigenvalue weighted by Crippen LogP contribution is -2.45. The summed E-state index contributed by atoms with van der Waals surface area (Å²) in [4.78, 5) is 2.43. The topological polar surface area (TPSA) is 55.7 Å². The molecule has 122 valence electrons. The average Bonchev–Trinajstić information content (AvgIpc) is 2.42. The van der Waals surface area contributed by atoms with Gasteiger partial charge in [-0.15, -0.1) is 24.8 Å². The number of rotatable bonds is 5. The number of aromatic hydroxyl groups is 2. The fraction of sp³-hybridized carbons (Fsp3) is 0.600. The van der Waals surface area contributed by atoms with Gasteiger partial charge < -0.3 is 15.5 Å². The van der Waals surface area contributed by atoms with E-state index < -0.39 is 0 Å². The van der Waals surface area contributed by atoms with Crippen molar-refractivity contribution < 1.29 is 10.2 Å². The normalized spacial score (nSPS) is 16.6. The molecule has 1 aliphatic rings. The smallest absolute Gasteiger partial charge is 0.124 e. The number of phenolic OH excluding ortho intramolecular Hbond substituents is 2. The van der Waals surface area contributed by atoms with E-state index in [4.69, 9.17) is 0 Å². The minimum absolute atomic E-state index is 0. The van der Waals surface area contributed by atoms with Crippen LogP contribution in [0.1, 0.15) is 37.8 Å². The maximum atomic E-state index is 10.1. The Labute approximate surface area is 139 Å². The van der Waals surface area contributed by atoms with Gasteiger partial charge >= 0.3 is 0 Å². The summed E-state index contributed by atoms with van der Waals surface area (Å²) in [6.07, 6.45) is 3.35. The fourth-order valence-corrected chi connectivity index (χ4v) is 2.74. The molecular formula is C15H26Cl2N2O2. The van der Waals surface area contributed by atoms with E-state index in [1.165, 1.54) is 6.07 Å². The molecule has 21 heavy (non-hydrogen) atoms. The van der Waals surface area contributed by atoms with Crippen LogP contribution >= 0.6 is 24.8 Å². The third-order valence-electron chi connectivity index (χ3n) is 3.80. The van der Waals surface area contributed by atoms with Crippen LogP contribution in [0.4, 0.5) is 0 Å². The summed E-state index contributed by atoms with van der Waals surface area (Å²) >= 11 is 0. The fourth-order valence-electron chi connectivity index (χ4n) is 2.74. The molecule has 4 nitrogen and oxygen atoms in total. The number of unbranched alkanes of at least 4 members (excludes halogenated alkanes) is 1. The first kappa shape index (κ1) is 20.3. The largest absolute Gasteiger partial charge is 0.508 e. The minimum Gasteiger partial charge on any atom is -0.508 e. The van der Waals surface area contributed by atoms with Crippen LogP contribution in [-0.4, -0.2) is 41.3 Å². The van der Waals surface area contributed by atoms with Crippen LogP contribution in [0.15, 0.2) is 18.2 Å². The molecule has 0 aliphatic carbocycles. The highest BCUT2D eigenvalue weighted by molar-refractivity contribution is 5.85. The van der Waals surface area contributed by atoms with Crippen LogP contribution in [0, 0.1) is 0 Å². The third kappa shape index (κ3) is 5.55. The quantitative estimate of drug-likeness (QED) is 0.773. The van der Waals surface area contributed by atoms with Gasteiger partial charge in [-0.1, -0.05) is 25.8 Å². The molecule has 1 aromatic rings. The van der Waals surface area contributed by atoms with Gasteiger partial charge in [-0.25, -0.2) is 0 Å². The molecule has 0 unspecified atom stereocenters. The Kier molecular flexibility index (Phi) is 9.79. The van der Waals surface area contributed by atoms with Crippen molar-refractivity contribution in [1.29, 1.82) is 0 Å². The van der Waals surface area contributed by atoms with Gasteiger partial charge in [0.1, 0.15) is 11.5 Å². The van der Waals surface area contributed by atoms with Gasteiger partial charge in [0.05, 0.1) is 0 Å². The number of hydrogen-bond donors (Lipinski definition) is 3. The Morgan fingerprint density at radius 2 is 1.86 bits per heavy atom. The zero-order valence-corrected chi connectivity index (χ0v) is 14.1. The molecule has 6 heteroatoms. The number of piperazine rings is 1. The van der Waals surface area contributed by atoms with Crippen LogP contribution in [0.3, 0.4) is 0 Å². The standard InChI is InChI=1S/C15H24N2O2.2ClH/c1-2-3-4-14(17-9-7-16-8-10-17)13-6-5-12(18)11-15(13)19;;/h5-6,11,14,16,18-19H,2-4,7-10H2,1H3;2*1H/t14-;;/m0../s1. The zero-order valence-electron chi connectivity index (χ0n) is 12.4. The summed E-state index contributed by atoms with van der Waals surface area (Å²) in [5, 5.41) is 22.9. The number of nitrogens with one attached hydrogen (secondary N) is 1. The van der Waals surface area contributed by atoms with Gasteiger partial charge in [0.15, 0.2) is 0 Å². The second kappa shape index (κ2) is 10.1. The summed E-state index contributed by atoms with van der Waals surface area (Å²) in [5.74, 6) is 0.329. The van der Waals surface area contributed by atoms with Gasteiger partial charge in [0, 0.05) is 43.9 Å². The van der Waals surface area contributed by atoms with Crippen molar-refractivity contribution in [2.45, 2.75) is 32.2 Å². The molecule has 0 radical (unpaired) electrons. The van der Waals surface area contributed by atoms with Gasteiger partial charge in [-0.2, -0.15) is 0 Å². The van der Waals surface area contributed by atoms with Crippen molar-refractivity contribution in [3.05, 3.63) is 23.8 Å². The van der Waals surface area contributed by atoms with E-state index in [1.54, 1.807) is 6.07 Å². The van der Waals surface area contributed by atoms with Crippen molar-refractivity contribution in [3.8, 4) is 11.5 Å². The molecule has 3 N–H and O–H groups in total. The van der Waals surface area contributed by atoms with Gasteiger partial charge in [0.2, 0.25) is 0 Å². The van der Waals surface area contributed by atoms with Gasteiger partial charge in [0.25, 0.3) is 0 Å². The molecule has 0 amide bonds. The molecule has 1 atom stereocenters. The summed E-state index contributed by atoms with van der Waals surface area (Å²) in [6, 6.07) is 5.21. The lowest BCUT2D eigenvalue weighted by atomic mass is 9.97. The molecule has 1 heterocycles. The highest BCUT2D eigenvalue weighted by atomic mass is 35.5. The zero-order chi connectivity index (χ0) is 13.7. The monoisotopic (exact) mass is 336 g/mol. The number of nitrogens with zero attached hydrogens (tertiary/aromatic N) is 1. The second-order valence-electron chi connectivity index (χ2n) is 5.19. The van der Waals surface area contributed by atoms with Crippen molar-refractivity contribution in [3.63, 3.8) is 0 Å². The first-order valence-electron chi connectivity index (χ1n) is 7.19. The summed E-state index contributed by atoms with van der Waals surface area (Å²) in [5.41, 5.74) is 0.938. The van der Waals surface area contributed by atoms with Crippen LogP contribution in [0.5, 0.6) is 11.5 Å². The molecule has 0 saturated carbocycles. The molecule has 2 rings (SSSR count). The Balaban J connectivity index is 0.00000200. The van der Waals surface area contributed by atoms with Crippen molar-refractivity contribution in [1.82, 2.24) is 10.2 Å². The predicted octanol–water partition coefficient (Wildman–Crippen LogP) is 3.08. The molecular weight excluding hydrogens is 311 g/mol. The molecule has 0 bridgehead atoms. The van der Waals surface area contributed by atoms with E-state index in [1.807, 2.05) is 6.07 Å². The number of benzene rings is 1. The molecule has 1 saturated heterocycles. The summed E-state index contributed by atoms with van der Waals surface area (Å²) in [6.45, 7) is 6.21. The Hall–Kier alpha value is -0.680. The van der Waals surface area contributed by atoms with Crippen LogP contribution in [0.25, 0.3) is 0 Å². The molecule has 1 aliphatic heterocycles. The van der Waals surface area contributed by atoms with E-state index in [2.05, 4.69) is 17.1 Å². The molecule has 1 aromatic carbocycles. The minimum atomic E-state index is 0. The average molecular weight is 337 g/mol. The first-order valence-corrected chi connectivity index (χ1v) is 7.19. The molecule has 0 aromatic heterocycles. The highest BCUT2D eigenvalue weighted by Crippen LogP contribution is 2.34. The van der Waals surface area contributed by atoms with E-state index in [0.29, 0.717) is 0 Å². The first-order chi connectivity index (χ1) is 9.22. The van der Waals surface area contributed by atoms with Crippen LogP contribution < -0.4 is 5.32 Å². The van der Waals surface area contributed by atoms with E-state index >= 15 is 0 Å². The highest BCUT2D eigenvalue weighted by Gasteiger charge is 2.23. The van der Waals surface area contributed by atoms with Crippen molar-refractivity contribution >= 4 is 24.8 Å². The Bertz CT molecular complexity index is 413. The third-order valence-corrected chi connectivity index (χ3v) is 3.80. The van der Waals surface area contributed by atoms with Gasteiger partial charge in [-0.05, 0) is 12.5 Å². The van der Waals surface area contributed by atoms with Gasteiger partial charge in [-0.3, -0.25) is 4.90 Å². The number of phenols is 2. The summed E-state index contributed by atoms with van der Waals surface area (Å²) in [7, 11) is 0. The molecule has 1 fully saturated rings. The van der Waals surface area contributed by atoms with E-state index in [0.717, 1.165) is 51.0 Å².